The zero-order valence-corrected chi connectivity index (χ0v) is 20.6. The maximum Gasteiger partial charge on any atom is 0.222 e. The van der Waals surface area contributed by atoms with E-state index in [9.17, 15) is 5.11 Å². The monoisotopic (exact) mass is 477 g/mol. The summed E-state index contributed by atoms with van der Waals surface area (Å²) in [6, 6.07) is 17.7. The number of hydrogen-bond acceptors (Lipinski definition) is 6. The normalized spacial score (nSPS) is 14.2. The van der Waals surface area contributed by atoms with Crippen LogP contribution in [0.5, 0.6) is 17.4 Å². The molecule has 7 heteroatoms. The van der Waals surface area contributed by atoms with Gasteiger partial charge in [0, 0.05) is 38.3 Å². The van der Waals surface area contributed by atoms with Crippen LogP contribution in [0.4, 0.5) is 0 Å². The van der Waals surface area contributed by atoms with E-state index in [1.165, 1.54) is 12.8 Å². The summed E-state index contributed by atoms with van der Waals surface area (Å²) >= 11 is 0. The van der Waals surface area contributed by atoms with Crippen LogP contribution >= 0.6 is 0 Å². The summed E-state index contributed by atoms with van der Waals surface area (Å²) in [7, 11) is 3.54. The number of nitrogens with zero attached hydrogens (tertiary/aromatic N) is 3. The average Bonchev–Trinajstić information content (AvgIpc) is 3.64. The minimum atomic E-state index is -0.590. The molecule has 3 aromatic rings. The van der Waals surface area contributed by atoms with Crippen molar-refractivity contribution in [2.75, 3.05) is 33.4 Å². The number of aromatic nitrogens is 2. The Bertz CT molecular complexity index is 1090. The van der Waals surface area contributed by atoms with Crippen LogP contribution < -0.4 is 9.47 Å². The summed E-state index contributed by atoms with van der Waals surface area (Å²) in [5.41, 5.74) is 2.89. The fourth-order valence-electron chi connectivity index (χ4n) is 4.16. The first kappa shape index (κ1) is 25.0. The van der Waals surface area contributed by atoms with E-state index in [-0.39, 0.29) is 6.61 Å². The van der Waals surface area contributed by atoms with Gasteiger partial charge in [0.25, 0.3) is 0 Å². The molecular weight excluding hydrogens is 442 g/mol. The van der Waals surface area contributed by atoms with Crippen molar-refractivity contribution < 1.29 is 19.3 Å². The van der Waals surface area contributed by atoms with Crippen LogP contribution in [0.15, 0.2) is 67.3 Å². The Kier molecular flexibility index (Phi) is 8.58. The van der Waals surface area contributed by atoms with Crippen LogP contribution in [0.3, 0.4) is 0 Å². The molecule has 1 N–H and O–H groups in total. The molecule has 2 aromatic carbocycles. The van der Waals surface area contributed by atoms with Gasteiger partial charge in [0.05, 0.1) is 32.0 Å². The Morgan fingerprint density at radius 1 is 1.17 bits per heavy atom. The van der Waals surface area contributed by atoms with E-state index in [1.807, 2.05) is 49.5 Å². The van der Waals surface area contributed by atoms with E-state index in [0.29, 0.717) is 37.2 Å². The molecule has 0 bridgehead atoms. The van der Waals surface area contributed by atoms with Crippen molar-refractivity contribution in [2.24, 2.45) is 13.0 Å². The summed E-state index contributed by atoms with van der Waals surface area (Å²) in [5.74, 6) is 2.75. The SMILES string of the molecule is C=CCOCC(O)CN(Cc1c(-c2ccccc2)nn(C)c1Oc1cccc(OC)c1)CC1CC1. The van der Waals surface area contributed by atoms with Gasteiger partial charge in [-0.2, -0.15) is 5.10 Å². The van der Waals surface area contributed by atoms with Crippen LogP contribution in [0, 0.1) is 5.92 Å². The van der Waals surface area contributed by atoms with Crippen LogP contribution in [0.25, 0.3) is 11.3 Å². The molecule has 1 atom stereocenters. The number of benzene rings is 2. The molecule has 0 aliphatic heterocycles. The second-order valence-electron chi connectivity index (χ2n) is 9.02. The lowest BCUT2D eigenvalue weighted by molar-refractivity contribution is 0.0235. The first-order chi connectivity index (χ1) is 17.1. The van der Waals surface area contributed by atoms with Gasteiger partial charge in [-0.3, -0.25) is 4.90 Å². The van der Waals surface area contributed by atoms with Gasteiger partial charge in [0.2, 0.25) is 5.88 Å². The van der Waals surface area contributed by atoms with Crippen LogP contribution in [-0.2, 0) is 18.3 Å². The van der Waals surface area contributed by atoms with Gasteiger partial charge in [0.1, 0.15) is 17.2 Å². The molecule has 0 saturated heterocycles. The van der Waals surface area contributed by atoms with Crippen molar-refractivity contribution in [2.45, 2.75) is 25.5 Å². The van der Waals surface area contributed by atoms with Gasteiger partial charge in [-0.15, -0.1) is 6.58 Å². The van der Waals surface area contributed by atoms with Crippen molar-refractivity contribution >= 4 is 0 Å². The largest absolute Gasteiger partial charge is 0.497 e. The second kappa shape index (κ2) is 12.0. The molecule has 1 aliphatic carbocycles. The molecule has 7 nitrogen and oxygen atoms in total. The summed E-state index contributed by atoms with van der Waals surface area (Å²) < 4.78 is 19.0. The predicted octanol–water partition coefficient (Wildman–Crippen LogP) is 4.66. The zero-order valence-electron chi connectivity index (χ0n) is 20.6. The van der Waals surface area contributed by atoms with Gasteiger partial charge >= 0.3 is 0 Å². The third kappa shape index (κ3) is 6.94. The Hall–Kier alpha value is -3.13. The highest BCUT2D eigenvalue weighted by molar-refractivity contribution is 5.65. The minimum Gasteiger partial charge on any atom is -0.497 e. The summed E-state index contributed by atoms with van der Waals surface area (Å²) in [6.07, 6.45) is 3.56. The van der Waals surface area contributed by atoms with Crippen molar-refractivity contribution in [3.05, 3.63) is 72.8 Å². The van der Waals surface area contributed by atoms with E-state index >= 15 is 0 Å². The van der Waals surface area contributed by atoms with E-state index in [0.717, 1.165) is 29.1 Å². The second-order valence-corrected chi connectivity index (χ2v) is 9.02. The molecule has 1 fully saturated rings. The predicted molar refractivity (Wildman–Crippen MR) is 137 cm³/mol. The number of rotatable bonds is 14. The van der Waals surface area contributed by atoms with E-state index in [1.54, 1.807) is 17.9 Å². The Morgan fingerprint density at radius 3 is 2.66 bits per heavy atom. The lowest BCUT2D eigenvalue weighted by Gasteiger charge is -2.25. The maximum atomic E-state index is 10.6. The minimum absolute atomic E-state index is 0.277. The Labute approximate surface area is 207 Å². The summed E-state index contributed by atoms with van der Waals surface area (Å²) in [5, 5.41) is 15.5. The summed E-state index contributed by atoms with van der Waals surface area (Å²) in [6.45, 7) is 6.41. The number of aryl methyl sites for hydroxylation is 1. The highest BCUT2D eigenvalue weighted by Crippen LogP contribution is 2.36. The molecule has 1 aromatic heterocycles. The lowest BCUT2D eigenvalue weighted by atomic mass is 10.1. The number of methoxy groups -OCH3 is 1. The first-order valence-electron chi connectivity index (χ1n) is 12.1. The number of ether oxygens (including phenoxy) is 3. The van der Waals surface area contributed by atoms with Crippen LogP contribution in [0.2, 0.25) is 0 Å². The van der Waals surface area contributed by atoms with Gasteiger partial charge in [-0.05, 0) is 30.9 Å². The van der Waals surface area contributed by atoms with E-state index in [4.69, 9.17) is 19.3 Å². The van der Waals surface area contributed by atoms with E-state index in [2.05, 4.69) is 23.6 Å². The molecule has 35 heavy (non-hydrogen) atoms. The van der Waals surface area contributed by atoms with Crippen molar-refractivity contribution in [1.82, 2.24) is 14.7 Å². The smallest absolute Gasteiger partial charge is 0.222 e. The molecule has 1 aliphatic rings. The molecule has 1 heterocycles. The van der Waals surface area contributed by atoms with Gasteiger partial charge < -0.3 is 19.3 Å². The molecule has 4 rings (SSSR count). The van der Waals surface area contributed by atoms with Crippen LogP contribution in [-0.4, -0.2) is 59.3 Å². The fourth-order valence-corrected chi connectivity index (χ4v) is 4.16. The van der Waals surface area contributed by atoms with Gasteiger partial charge in [-0.25, -0.2) is 4.68 Å². The highest BCUT2D eigenvalue weighted by atomic mass is 16.5. The Balaban J connectivity index is 1.64. The Morgan fingerprint density at radius 2 is 1.94 bits per heavy atom. The van der Waals surface area contributed by atoms with Gasteiger partial charge in [0.15, 0.2) is 0 Å². The molecule has 0 radical (unpaired) electrons. The van der Waals surface area contributed by atoms with Crippen molar-refractivity contribution in [3.63, 3.8) is 0 Å². The van der Waals surface area contributed by atoms with Gasteiger partial charge in [-0.1, -0.05) is 42.5 Å². The first-order valence-corrected chi connectivity index (χ1v) is 12.1. The number of aliphatic hydroxyl groups excluding tert-OH is 1. The lowest BCUT2D eigenvalue weighted by Crippen LogP contribution is -2.36. The molecule has 1 unspecified atom stereocenters. The standard InChI is InChI=1S/C28H35N3O4/c1-4-15-34-20-23(32)18-31(17-21-13-14-21)19-26-27(22-9-6-5-7-10-22)29-30(2)28(26)35-25-12-8-11-24(16-25)33-3/h4-12,16,21,23,32H,1,13-15,17-20H2,2-3H3. The van der Waals surface area contributed by atoms with Crippen molar-refractivity contribution in [3.8, 4) is 28.6 Å². The summed E-state index contributed by atoms with van der Waals surface area (Å²) in [4.78, 5) is 2.29. The maximum absolute atomic E-state index is 10.6. The fraction of sp³-hybridized carbons (Fsp3) is 0.393. The number of aliphatic hydroxyl groups is 1. The third-order valence-electron chi connectivity index (χ3n) is 6.00. The molecule has 186 valence electrons. The van der Waals surface area contributed by atoms with E-state index < -0.39 is 6.10 Å². The molecular formula is C28H35N3O4. The topological polar surface area (TPSA) is 69.0 Å². The quantitative estimate of drug-likeness (QED) is 0.269. The van der Waals surface area contributed by atoms with Crippen LogP contribution in [0.1, 0.15) is 18.4 Å². The zero-order chi connectivity index (χ0) is 24.6. The molecule has 0 spiro atoms. The molecule has 0 amide bonds. The number of hydrogen-bond donors (Lipinski definition) is 1. The molecule has 1 saturated carbocycles. The highest BCUT2D eigenvalue weighted by Gasteiger charge is 2.28. The third-order valence-corrected chi connectivity index (χ3v) is 6.00. The van der Waals surface area contributed by atoms with Crippen molar-refractivity contribution in [1.29, 1.82) is 0 Å². The average molecular weight is 478 g/mol.